The second kappa shape index (κ2) is 4.75. The molecule has 102 valence electrons. The molecule has 4 heteroatoms. The molecule has 0 bridgehead atoms. The van der Waals surface area contributed by atoms with E-state index in [0.29, 0.717) is 4.88 Å². The summed E-state index contributed by atoms with van der Waals surface area (Å²) in [6, 6.07) is 19.6. The van der Waals surface area contributed by atoms with Crippen LogP contribution in [-0.2, 0) is 0 Å². The van der Waals surface area contributed by atoms with Crippen molar-refractivity contribution < 1.29 is 9.53 Å². The van der Waals surface area contributed by atoms with Crippen LogP contribution in [0.25, 0.3) is 0 Å². The van der Waals surface area contributed by atoms with Gasteiger partial charge in [-0.1, -0.05) is 24.3 Å². The zero-order valence-electron chi connectivity index (χ0n) is 11.0. The van der Waals surface area contributed by atoms with E-state index in [9.17, 15) is 4.79 Å². The number of benzene rings is 2. The summed E-state index contributed by atoms with van der Waals surface area (Å²) in [7, 11) is 0. The van der Waals surface area contributed by atoms with Gasteiger partial charge < -0.3 is 4.74 Å². The monoisotopic (exact) mass is 293 g/mol. The fraction of sp³-hybridized carbons (Fsp3) is 0. The Labute approximate surface area is 126 Å². The van der Waals surface area contributed by atoms with Gasteiger partial charge in [-0.3, -0.25) is 9.69 Å². The van der Waals surface area contributed by atoms with E-state index in [1.54, 1.807) is 0 Å². The van der Waals surface area contributed by atoms with Crippen LogP contribution < -0.4 is 9.64 Å². The standard InChI is InChI=1S/C17H11NO2S/c19-11-12-9-10-17(21-12)18-13-5-1-3-7-15(13)20-16-8-4-2-6-14(16)18/h1-11H. The molecule has 1 aliphatic heterocycles. The van der Waals surface area contributed by atoms with Crippen LogP contribution in [0.2, 0.25) is 0 Å². The van der Waals surface area contributed by atoms with Crippen LogP contribution in [0.1, 0.15) is 9.67 Å². The highest BCUT2D eigenvalue weighted by molar-refractivity contribution is 7.17. The molecule has 0 atom stereocenters. The van der Waals surface area contributed by atoms with E-state index in [4.69, 9.17) is 4.74 Å². The molecule has 4 rings (SSSR count). The van der Waals surface area contributed by atoms with Crippen LogP contribution in [0, 0.1) is 0 Å². The number of ether oxygens (including phenoxy) is 1. The van der Waals surface area contributed by atoms with E-state index < -0.39 is 0 Å². The second-order valence-corrected chi connectivity index (χ2v) is 5.76. The molecule has 3 aromatic rings. The Kier molecular flexibility index (Phi) is 2.75. The first-order chi connectivity index (χ1) is 10.4. The highest BCUT2D eigenvalue weighted by Crippen LogP contribution is 2.51. The smallest absolute Gasteiger partial charge is 0.160 e. The predicted molar refractivity (Wildman–Crippen MR) is 84.5 cm³/mol. The summed E-state index contributed by atoms with van der Waals surface area (Å²) < 4.78 is 5.96. The molecular formula is C17H11NO2S. The van der Waals surface area contributed by atoms with Crippen LogP contribution in [0.4, 0.5) is 16.4 Å². The second-order valence-electron chi connectivity index (χ2n) is 4.67. The first-order valence-corrected chi connectivity index (χ1v) is 7.39. The normalized spacial score (nSPS) is 12.3. The molecule has 0 unspecified atom stereocenters. The number of carbonyl (C=O) groups excluding carboxylic acids is 1. The fourth-order valence-electron chi connectivity index (χ4n) is 2.47. The van der Waals surface area contributed by atoms with Crippen molar-refractivity contribution in [2.45, 2.75) is 0 Å². The number of hydrogen-bond acceptors (Lipinski definition) is 4. The molecule has 1 aromatic heterocycles. The third-order valence-corrected chi connectivity index (χ3v) is 4.38. The van der Waals surface area contributed by atoms with Crippen molar-refractivity contribution in [3.63, 3.8) is 0 Å². The van der Waals surface area contributed by atoms with Gasteiger partial charge in [0, 0.05) is 0 Å². The lowest BCUT2D eigenvalue weighted by atomic mass is 10.1. The van der Waals surface area contributed by atoms with Crippen molar-refractivity contribution in [3.05, 3.63) is 65.5 Å². The summed E-state index contributed by atoms with van der Waals surface area (Å²) in [5.74, 6) is 1.63. The lowest BCUT2D eigenvalue weighted by Gasteiger charge is -2.31. The number of anilines is 3. The lowest BCUT2D eigenvalue weighted by Crippen LogP contribution is -2.14. The van der Waals surface area contributed by atoms with Crippen molar-refractivity contribution in [1.29, 1.82) is 0 Å². The topological polar surface area (TPSA) is 29.5 Å². The Morgan fingerprint density at radius 3 is 2.05 bits per heavy atom. The number of fused-ring (bicyclic) bond motifs is 2. The molecule has 0 radical (unpaired) electrons. The summed E-state index contributed by atoms with van der Waals surface area (Å²) in [6.07, 6.45) is 0.881. The van der Waals surface area contributed by atoms with E-state index in [-0.39, 0.29) is 0 Å². The number of nitrogens with zero attached hydrogens (tertiary/aromatic N) is 1. The average molecular weight is 293 g/mol. The third kappa shape index (κ3) is 1.92. The summed E-state index contributed by atoms with van der Waals surface area (Å²) in [5.41, 5.74) is 1.96. The van der Waals surface area contributed by atoms with Gasteiger partial charge in [-0.05, 0) is 36.4 Å². The molecule has 1 aliphatic rings. The average Bonchev–Trinajstić information content (AvgIpc) is 3.01. The molecule has 0 amide bonds. The Hall–Kier alpha value is -2.59. The van der Waals surface area contributed by atoms with Crippen molar-refractivity contribution in [3.8, 4) is 11.5 Å². The van der Waals surface area contributed by atoms with Crippen LogP contribution in [0.15, 0.2) is 60.7 Å². The number of aldehydes is 1. The zero-order valence-corrected chi connectivity index (χ0v) is 11.8. The van der Waals surface area contributed by atoms with Crippen LogP contribution in [0.5, 0.6) is 11.5 Å². The summed E-state index contributed by atoms with van der Waals surface area (Å²) in [6.45, 7) is 0. The van der Waals surface area contributed by atoms with Gasteiger partial charge in [0.05, 0.1) is 16.3 Å². The molecule has 2 heterocycles. The molecule has 0 spiro atoms. The fourth-order valence-corrected chi connectivity index (χ4v) is 3.32. The van der Waals surface area contributed by atoms with Crippen molar-refractivity contribution in [1.82, 2.24) is 0 Å². The van der Waals surface area contributed by atoms with Crippen LogP contribution >= 0.6 is 11.3 Å². The largest absolute Gasteiger partial charge is 0.453 e. The lowest BCUT2D eigenvalue weighted by molar-refractivity contribution is 0.112. The highest BCUT2D eigenvalue weighted by Gasteiger charge is 2.25. The van der Waals surface area contributed by atoms with Gasteiger partial charge in [0.2, 0.25) is 0 Å². The molecule has 0 N–H and O–H groups in total. The molecule has 21 heavy (non-hydrogen) atoms. The van der Waals surface area contributed by atoms with Gasteiger partial charge in [-0.25, -0.2) is 0 Å². The Bertz CT molecular complexity index is 779. The van der Waals surface area contributed by atoms with E-state index in [0.717, 1.165) is 34.2 Å². The van der Waals surface area contributed by atoms with Gasteiger partial charge in [0.1, 0.15) is 5.00 Å². The molecule has 0 fully saturated rings. The maximum Gasteiger partial charge on any atom is 0.160 e. The Morgan fingerprint density at radius 1 is 0.857 bits per heavy atom. The number of para-hydroxylation sites is 4. The SMILES string of the molecule is O=Cc1ccc(N2c3ccccc3Oc3ccccc32)s1. The van der Waals surface area contributed by atoms with Crippen LogP contribution in [-0.4, -0.2) is 6.29 Å². The van der Waals surface area contributed by atoms with Gasteiger partial charge in [-0.15, -0.1) is 11.3 Å². The highest BCUT2D eigenvalue weighted by atomic mass is 32.1. The summed E-state index contributed by atoms with van der Waals surface area (Å²) in [4.78, 5) is 13.8. The zero-order chi connectivity index (χ0) is 14.2. The van der Waals surface area contributed by atoms with E-state index >= 15 is 0 Å². The molecule has 0 saturated carbocycles. The van der Waals surface area contributed by atoms with E-state index in [2.05, 4.69) is 4.90 Å². The van der Waals surface area contributed by atoms with Gasteiger partial charge in [-0.2, -0.15) is 0 Å². The van der Waals surface area contributed by atoms with Gasteiger partial charge in [0.25, 0.3) is 0 Å². The maximum absolute atomic E-state index is 11.0. The number of carbonyl (C=O) groups is 1. The summed E-state index contributed by atoms with van der Waals surface area (Å²) >= 11 is 1.47. The van der Waals surface area contributed by atoms with Crippen molar-refractivity contribution in [2.75, 3.05) is 4.90 Å². The number of hydrogen-bond donors (Lipinski definition) is 0. The predicted octanol–water partition coefficient (Wildman–Crippen LogP) is 5.14. The molecule has 2 aromatic carbocycles. The van der Waals surface area contributed by atoms with Gasteiger partial charge >= 0.3 is 0 Å². The number of thiophene rings is 1. The van der Waals surface area contributed by atoms with E-state index in [1.807, 2.05) is 60.7 Å². The molecule has 0 saturated heterocycles. The van der Waals surface area contributed by atoms with Gasteiger partial charge in [0.15, 0.2) is 17.8 Å². The first-order valence-electron chi connectivity index (χ1n) is 6.58. The molecule has 3 nitrogen and oxygen atoms in total. The molecule has 0 aliphatic carbocycles. The van der Waals surface area contributed by atoms with Crippen molar-refractivity contribution >= 4 is 34.0 Å². The minimum Gasteiger partial charge on any atom is -0.453 e. The Balaban J connectivity index is 1.94. The minimum atomic E-state index is 0.714. The molecular weight excluding hydrogens is 282 g/mol. The van der Waals surface area contributed by atoms with Crippen molar-refractivity contribution in [2.24, 2.45) is 0 Å². The first kappa shape index (κ1) is 12.2. The van der Waals surface area contributed by atoms with Crippen LogP contribution in [0.3, 0.4) is 0 Å². The Morgan fingerprint density at radius 2 is 1.48 bits per heavy atom. The minimum absolute atomic E-state index is 0.714. The van der Waals surface area contributed by atoms with E-state index in [1.165, 1.54) is 11.3 Å². The maximum atomic E-state index is 11.0. The quantitative estimate of drug-likeness (QED) is 0.479. The summed E-state index contributed by atoms with van der Waals surface area (Å²) in [5, 5.41) is 1.00. The third-order valence-electron chi connectivity index (χ3n) is 3.38. The number of rotatable bonds is 2.